The molecule has 178 valence electrons. The molecule has 0 aliphatic carbocycles. The number of halogens is 1. The number of aromatic nitrogens is 2. The summed E-state index contributed by atoms with van der Waals surface area (Å²) in [5, 5.41) is 13.5. The van der Waals surface area contributed by atoms with Gasteiger partial charge in [-0.2, -0.15) is 0 Å². The number of phenols is 1. The molecule has 3 aromatic carbocycles. The topological polar surface area (TPSA) is 131 Å². The summed E-state index contributed by atoms with van der Waals surface area (Å²) in [6.07, 6.45) is 0. The van der Waals surface area contributed by atoms with E-state index in [2.05, 4.69) is 15.3 Å². The molecule has 0 saturated heterocycles. The Morgan fingerprint density at radius 1 is 0.971 bits per heavy atom. The summed E-state index contributed by atoms with van der Waals surface area (Å²) in [4.78, 5) is 46.2. The van der Waals surface area contributed by atoms with Crippen molar-refractivity contribution in [1.82, 2.24) is 9.97 Å². The highest BCUT2D eigenvalue weighted by molar-refractivity contribution is 6.32. The maximum Gasteiger partial charge on any atom is 0.340 e. The van der Waals surface area contributed by atoms with Crippen LogP contribution in [0.15, 0.2) is 48.5 Å². The highest BCUT2D eigenvalue weighted by Gasteiger charge is 2.26. The molecule has 3 N–H and O–H groups in total. The molecule has 1 heterocycles. The number of imidazole rings is 1. The minimum atomic E-state index is -0.811. The lowest BCUT2D eigenvalue weighted by Gasteiger charge is -2.16. The predicted octanol–water partition coefficient (Wildman–Crippen LogP) is 4.78. The Kier molecular flexibility index (Phi) is 6.44. The Hall–Kier alpha value is -4.37. The Balaban J connectivity index is 1.89. The number of para-hydroxylation sites is 2. The van der Waals surface area contributed by atoms with Crippen LogP contribution in [0.3, 0.4) is 0 Å². The van der Waals surface area contributed by atoms with Crippen LogP contribution in [-0.4, -0.2) is 47.0 Å². The van der Waals surface area contributed by atoms with Gasteiger partial charge in [0.25, 0.3) is 0 Å². The number of hydrogen-bond donors (Lipinski definition) is 3. The summed E-state index contributed by atoms with van der Waals surface area (Å²) < 4.78 is 9.80. The zero-order chi connectivity index (χ0) is 25.3. The monoisotopic (exact) mass is 493 g/mol. The largest absolute Gasteiger partial charge is 0.507 e. The number of anilines is 2. The van der Waals surface area contributed by atoms with Crippen molar-refractivity contribution < 1.29 is 29.0 Å². The van der Waals surface area contributed by atoms with E-state index in [0.717, 1.165) is 5.52 Å². The zero-order valence-electron chi connectivity index (χ0n) is 18.9. The third-order valence-electron chi connectivity index (χ3n) is 5.37. The summed E-state index contributed by atoms with van der Waals surface area (Å²) in [7, 11) is 2.34. The SMILES string of the molecule is COC(=O)c1cc(C(=O)c2cc(Cl)c(C)cc2O)cc(C(=O)OC)c1Nc1nc2ccccc2[nH]1. The van der Waals surface area contributed by atoms with Crippen molar-refractivity contribution >= 4 is 52.0 Å². The molecular weight excluding hydrogens is 474 g/mol. The van der Waals surface area contributed by atoms with Crippen molar-refractivity contribution in [2.45, 2.75) is 6.92 Å². The van der Waals surface area contributed by atoms with Gasteiger partial charge in [-0.05, 0) is 48.9 Å². The average molecular weight is 494 g/mol. The first-order valence-electron chi connectivity index (χ1n) is 10.3. The number of aromatic amines is 1. The van der Waals surface area contributed by atoms with E-state index in [1.807, 2.05) is 18.2 Å². The number of phenolic OH excluding ortho intramolecular Hbond substituents is 1. The molecule has 1 aromatic heterocycles. The van der Waals surface area contributed by atoms with E-state index in [4.69, 9.17) is 21.1 Å². The number of benzene rings is 3. The van der Waals surface area contributed by atoms with Gasteiger partial charge in [0.05, 0.1) is 47.6 Å². The fourth-order valence-electron chi connectivity index (χ4n) is 3.58. The number of nitrogens with zero attached hydrogens (tertiary/aromatic N) is 1. The van der Waals surface area contributed by atoms with Crippen LogP contribution in [0.25, 0.3) is 11.0 Å². The van der Waals surface area contributed by atoms with Gasteiger partial charge in [0.15, 0.2) is 5.78 Å². The molecule has 0 fully saturated rings. The molecule has 0 atom stereocenters. The number of nitrogens with one attached hydrogen (secondary N) is 2. The summed E-state index contributed by atoms with van der Waals surface area (Å²) in [6, 6.07) is 12.5. The van der Waals surface area contributed by atoms with Gasteiger partial charge >= 0.3 is 11.9 Å². The number of methoxy groups -OCH3 is 2. The number of aromatic hydroxyl groups is 1. The molecule has 0 unspecified atom stereocenters. The number of aryl methyl sites for hydroxylation is 1. The van der Waals surface area contributed by atoms with Crippen LogP contribution in [0.5, 0.6) is 5.75 Å². The van der Waals surface area contributed by atoms with E-state index in [9.17, 15) is 19.5 Å². The van der Waals surface area contributed by atoms with Gasteiger partial charge in [-0.1, -0.05) is 23.7 Å². The number of esters is 2. The molecule has 0 amide bonds. The molecule has 10 heteroatoms. The first kappa shape index (κ1) is 23.8. The van der Waals surface area contributed by atoms with Crippen LogP contribution < -0.4 is 5.32 Å². The number of fused-ring (bicyclic) bond motifs is 1. The summed E-state index contributed by atoms with van der Waals surface area (Å²) in [6.45, 7) is 1.68. The molecule has 0 radical (unpaired) electrons. The lowest BCUT2D eigenvalue weighted by atomic mass is 9.95. The molecule has 9 nitrogen and oxygen atoms in total. The van der Waals surface area contributed by atoms with Crippen molar-refractivity contribution in [1.29, 1.82) is 0 Å². The van der Waals surface area contributed by atoms with Gasteiger partial charge < -0.3 is 24.9 Å². The summed E-state index contributed by atoms with van der Waals surface area (Å²) >= 11 is 6.14. The zero-order valence-corrected chi connectivity index (χ0v) is 19.7. The Morgan fingerprint density at radius 2 is 1.60 bits per heavy atom. The molecule has 0 saturated carbocycles. The molecule has 0 aliphatic heterocycles. The van der Waals surface area contributed by atoms with Gasteiger partial charge in [-0.3, -0.25) is 4.79 Å². The van der Waals surface area contributed by atoms with E-state index in [0.29, 0.717) is 11.1 Å². The van der Waals surface area contributed by atoms with Crippen LogP contribution >= 0.6 is 11.6 Å². The number of rotatable bonds is 6. The standard InChI is InChI=1S/C25H20ClN3O6/c1-12-8-20(30)14(11-17(12)26)22(31)13-9-15(23(32)34-2)21(16(10-13)24(33)35-3)29-25-27-18-6-4-5-7-19(18)28-25/h4-11,30H,1-3H3,(H2,27,28,29). The molecule has 35 heavy (non-hydrogen) atoms. The molecule has 0 aliphatic rings. The number of hydrogen-bond acceptors (Lipinski definition) is 8. The van der Waals surface area contributed by atoms with E-state index in [-0.39, 0.29) is 44.7 Å². The predicted molar refractivity (Wildman–Crippen MR) is 130 cm³/mol. The van der Waals surface area contributed by atoms with E-state index in [1.54, 1.807) is 13.0 Å². The highest BCUT2D eigenvalue weighted by Crippen LogP contribution is 2.32. The molecule has 4 aromatic rings. The van der Waals surface area contributed by atoms with Gasteiger partial charge in [0.1, 0.15) is 5.75 Å². The van der Waals surface area contributed by atoms with Crippen molar-refractivity contribution in [2.24, 2.45) is 0 Å². The van der Waals surface area contributed by atoms with Crippen molar-refractivity contribution in [3.8, 4) is 5.75 Å². The van der Waals surface area contributed by atoms with Gasteiger partial charge in [-0.25, -0.2) is 14.6 Å². The second kappa shape index (κ2) is 9.47. The highest BCUT2D eigenvalue weighted by atomic mass is 35.5. The normalized spacial score (nSPS) is 10.7. The minimum Gasteiger partial charge on any atom is -0.507 e. The number of ether oxygens (including phenoxy) is 2. The third kappa shape index (κ3) is 4.53. The number of ketones is 1. The fourth-order valence-corrected chi connectivity index (χ4v) is 3.75. The van der Waals surface area contributed by atoms with Gasteiger partial charge in [0.2, 0.25) is 5.95 Å². The Bertz CT molecular complexity index is 1420. The number of H-pyrrole nitrogens is 1. The molecule has 0 bridgehead atoms. The third-order valence-corrected chi connectivity index (χ3v) is 5.77. The average Bonchev–Trinajstić information content (AvgIpc) is 3.27. The second-order valence-corrected chi connectivity index (χ2v) is 8.01. The lowest BCUT2D eigenvalue weighted by Crippen LogP contribution is -2.15. The maximum absolute atomic E-state index is 13.3. The lowest BCUT2D eigenvalue weighted by molar-refractivity contribution is 0.0601. The quantitative estimate of drug-likeness (QED) is 0.258. The van der Waals surface area contributed by atoms with E-state index in [1.165, 1.54) is 38.5 Å². The number of carbonyl (C=O) groups is 3. The van der Waals surface area contributed by atoms with Crippen LogP contribution in [0, 0.1) is 6.92 Å². The Labute approximate surface area is 204 Å². The van der Waals surface area contributed by atoms with Crippen LogP contribution in [0.2, 0.25) is 5.02 Å². The van der Waals surface area contributed by atoms with Crippen LogP contribution in [-0.2, 0) is 9.47 Å². The smallest absolute Gasteiger partial charge is 0.340 e. The van der Waals surface area contributed by atoms with Crippen LogP contribution in [0.1, 0.15) is 42.2 Å². The summed E-state index contributed by atoms with van der Waals surface area (Å²) in [5.41, 5.74) is 1.62. The molecule has 0 spiro atoms. The fraction of sp³-hybridized carbons (Fsp3) is 0.120. The van der Waals surface area contributed by atoms with Crippen LogP contribution in [0.4, 0.5) is 11.6 Å². The summed E-state index contributed by atoms with van der Waals surface area (Å²) in [5.74, 6) is -2.32. The molecule has 4 rings (SSSR count). The van der Waals surface area contributed by atoms with Gasteiger partial charge in [-0.15, -0.1) is 0 Å². The molecular formula is C25H20ClN3O6. The van der Waals surface area contributed by atoms with E-state index < -0.39 is 17.7 Å². The maximum atomic E-state index is 13.3. The first-order valence-corrected chi connectivity index (χ1v) is 10.7. The first-order chi connectivity index (χ1) is 16.7. The van der Waals surface area contributed by atoms with Crippen molar-refractivity contribution in [2.75, 3.05) is 19.5 Å². The Morgan fingerprint density at radius 3 is 2.20 bits per heavy atom. The van der Waals surface area contributed by atoms with Crippen molar-refractivity contribution in [3.63, 3.8) is 0 Å². The minimum absolute atomic E-state index is 0.0328. The number of carbonyl (C=O) groups excluding carboxylic acids is 3. The second-order valence-electron chi connectivity index (χ2n) is 7.60. The van der Waals surface area contributed by atoms with Gasteiger partial charge in [0, 0.05) is 10.6 Å². The van der Waals surface area contributed by atoms with Crippen molar-refractivity contribution in [3.05, 3.63) is 81.4 Å². The van der Waals surface area contributed by atoms with E-state index >= 15 is 0 Å².